The van der Waals surface area contributed by atoms with Gasteiger partial charge in [0, 0.05) is 45.3 Å². The third-order valence-corrected chi connectivity index (χ3v) is 5.70. The van der Waals surface area contributed by atoms with Crippen molar-refractivity contribution in [1.29, 1.82) is 0 Å². The first-order valence-electron chi connectivity index (χ1n) is 9.78. The van der Waals surface area contributed by atoms with Crippen LogP contribution >= 0.6 is 0 Å². The molecule has 9 nitrogen and oxygen atoms in total. The van der Waals surface area contributed by atoms with Gasteiger partial charge >= 0.3 is 0 Å². The Kier molecular flexibility index (Phi) is 5.08. The number of aryl methyl sites for hydroxylation is 1. The molecule has 162 valence electrons. The van der Waals surface area contributed by atoms with Crippen molar-refractivity contribution in [2.75, 3.05) is 29.7 Å². The van der Waals surface area contributed by atoms with E-state index in [1.54, 1.807) is 43.1 Å². The van der Waals surface area contributed by atoms with E-state index in [1.165, 1.54) is 0 Å². The third-order valence-electron chi connectivity index (χ3n) is 5.70. The Bertz CT molecular complexity index is 956. The smallest absolute Gasteiger partial charge is 0.252 e. The van der Waals surface area contributed by atoms with Gasteiger partial charge in [-0.05, 0) is 13.8 Å². The SMILES string of the molecule is CO[C@H](C)[C@H]1C(=O)Nc2c(C)nc(NCc3cnn(C4CC(F)(F)C4)c3)nc2N1C. The lowest BCUT2D eigenvalue weighted by molar-refractivity contribution is -0.120. The van der Waals surface area contributed by atoms with Gasteiger partial charge in [0.2, 0.25) is 11.9 Å². The number of hydrogen-bond acceptors (Lipinski definition) is 7. The van der Waals surface area contributed by atoms with Crippen LogP contribution in [0.1, 0.15) is 37.1 Å². The lowest BCUT2D eigenvalue weighted by Gasteiger charge is -2.37. The first kappa shape index (κ1) is 20.5. The lowest BCUT2D eigenvalue weighted by atomic mass is 9.88. The fraction of sp³-hybridized carbons (Fsp3) is 0.579. The summed E-state index contributed by atoms with van der Waals surface area (Å²) in [7, 11) is 3.36. The molecule has 30 heavy (non-hydrogen) atoms. The Hall–Kier alpha value is -2.82. The fourth-order valence-corrected chi connectivity index (χ4v) is 3.87. The number of amides is 1. The number of nitrogens with one attached hydrogen (secondary N) is 2. The van der Waals surface area contributed by atoms with E-state index in [0.29, 0.717) is 29.7 Å². The van der Waals surface area contributed by atoms with E-state index >= 15 is 0 Å². The molecule has 1 amide bonds. The number of likely N-dealkylation sites (N-methyl/N-ethyl adjacent to an activating group) is 1. The number of carbonyl (C=O) groups excluding carboxylic acids is 1. The molecule has 11 heteroatoms. The Labute approximate surface area is 172 Å². The molecule has 3 heterocycles. The number of halogens is 2. The van der Waals surface area contributed by atoms with Crippen molar-refractivity contribution in [2.45, 2.75) is 57.3 Å². The minimum Gasteiger partial charge on any atom is -0.379 e. The van der Waals surface area contributed by atoms with Gasteiger partial charge in [-0.2, -0.15) is 10.1 Å². The predicted molar refractivity (Wildman–Crippen MR) is 107 cm³/mol. The molecule has 0 bridgehead atoms. The molecule has 0 saturated heterocycles. The van der Waals surface area contributed by atoms with Gasteiger partial charge in [0.05, 0.1) is 24.0 Å². The molecule has 2 aromatic heterocycles. The molecule has 0 radical (unpaired) electrons. The van der Waals surface area contributed by atoms with Gasteiger partial charge in [-0.15, -0.1) is 0 Å². The van der Waals surface area contributed by atoms with Crippen molar-refractivity contribution in [3.63, 3.8) is 0 Å². The Morgan fingerprint density at radius 1 is 1.40 bits per heavy atom. The maximum atomic E-state index is 13.1. The maximum absolute atomic E-state index is 13.1. The molecule has 1 fully saturated rings. The summed E-state index contributed by atoms with van der Waals surface area (Å²) >= 11 is 0. The van der Waals surface area contributed by atoms with Crippen LogP contribution in [0.5, 0.6) is 0 Å². The summed E-state index contributed by atoms with van der Waals surface area (Å²) in [6, 6.07) is -0.767. The Balaban J connectivity index is 1.48. The molecule has 4 rings (SSSR count). The normalized spacial score (nSPS) is 21.6. The van der Waals surface area contributed by atoms with Gasteiger partial charge in [0.25, 0.3) is 5.92 Å². The maximum Gasteiger partial charge on any atom is 0.252 e. The first-order valence-corrected chi connectivity index (χ1v) is 9.78. The number of rotatable bonds is 6. The van der Waals surface area contributed by atoms with Crippen LogP contribution in [0.15, 0.2) is 12.4 Å². The summed E-state index contributed by atoms with van der Waals surface area (Å²) in [5.74, 6) is -1.74. The minimum absolute atomic E-state index is 0.166. The highest BCUT2D eigenvalue weighted by Crippen LogP contribution is 2.45. The van der Waals surface area contributed by atoms with Crippen LogP contribution in [-0.4, -0.2) is 57.9 Å². The van der Waals surface area contributed by atoms with E-state index < -0.39 is 12.0 Å². The number of methoxy groups -OCH3 is 1. The van der Waals surface area contributed by atoms with Crippen molar-refractivity contribution >= 4 is 23.4 Å². The molecule has 1 aliphatic heterocycles. The Morgan fingerprint density at radius 3 is 2.80 bits per heavy atom. The summed E-state index contributed by atoms with van der Waals surface area (Å²) < 4.78 is 33.1. The van der Waals surface area contributed by atoms with E-state index in [-0.39, 0.29) is 30.9 Å². The number of aromatic nitrogens is 4. The van der Waals surface area contributed by atoms with E-state index in [2.05, 4.69) is 25.7 Å². The topological polar surface area (TPSA) is 97.2 Å². The highest BCUT2D eigenvalue weighted by molar-refractivity contribution is 6.03. The average molecular weight is 421 g/mol. The first-order chi connectivity index (χ1) is 14.2. The third kappa shape index (κ3) is 3.69. The van der Waals surface area contributed by atoms with Gasteiger partial charge in [-0.3, -0.25) is 9.48 Å². The number of nitrogens with zero attached hydrogens (tertiary/aromatic N) is 5. The van der Waals surface area contributed by atoms with Crippen LogP contribution in [0, 0.1) is 6.92 Å². The summed E-state index contributed by atoms with van der Waals surface area (Å²) in [6.07, 6.45) is 2.75. The van der Waals surface area contributed by atoms with Crippen molar-refractivity contribution in [3.8, 4) is 0 Å². The van der Waals surface area contributed by atoms with Crippen LogP contribution in [0.25, 0.3) is 0 Å². The summed E-state index contributed by atoms with van der Waals surface area (Å²) in [5, 5.41) is 10.2. The summed E-state index contributed by atoms with van der Waals surface area (Å²) in [4.78, 5) is 23.3. The van der Waals surface area contributed by atoms with Crippen molar-refractivity contribution in [2.24, 2.45) is 0 Å². The molecular formula is C19H25F2N7O2. The van der Waals surface area contributed by atoms with E-state index in [1.807, 2.05) is 6.92 Å². The van der Waals surface area contributed by atoms with Gasteiger partial charge in [-0.1, -0.05) is 0 Å². The van der Waals surface area contributed by atoms with Crippen LogP contribution in [0.3, 0.4) is 0 Å². The molecule has 2 N–H and O–H groups in total. The van der Waals surface area contributed by atoms with E-state index in [0.717, 1.165) is 5.56 Å². The van der Waals surface area contributed by atoms with Gasteiger partial charge < -0.3 is 20.3 Å². The average Bonchev–Trinajstić information content (AvgIpc) is 3.14. The van der Waals surface area contributed by atoms with E-state index in [9.17, 15) is 13.6 Å². The van der Waals surface area contributed by atoms with Crippen LogP contribution in [0.4, 0.5) is 26.2 Å². The second-order valence-electron chi connectivity index (χ2n) is 7.92. The molecule has 0 unspecified atom stereocenters. The number of alkyl halides is 2. The van der Waals surface area contributed by atoms with E-state index in [4.69, 9.17) is 4.74 Å². The van der Waals surface area contributed by atoms with Crippen molar-refractivity contribution in [1.82, 2.24) is 19.7 Å². The van der Waals surface area contributed by atoms with Gasteiger partial charge in [0.15, 0.2) is 5.82 Å². The zero-order valence-electron chi connectivity index (χ0n) is 17.3. The second kappa shape index (κ2) is 7.46. The predicted octanol–water partition coefficient (Wildman–Crippen LogP) is 2.36. The van der Waals surface area contributed by atoms with Gasteiger partial charge in [0.1, 0.15) is 11.7 Å². The molecule has 0 spiro atoms. The van der Waals surface area contributed by atoms with Gasteiger partial charge in [-0.25, -0.2) is 13.8 Å². The number of ether oxygens (including phenoxy) is 1. The zero-order chi connectivity index (χ0) is 21.6. The lowest BCUT2D eigenvalue weighted by Crippen LogP contribution is -2.53. The molecule has 0 aromatic carbocycles. The summed E-state index contributed by atoms with van der Waals surface area (Å²) in [6.45, 7) is 4.03. The summed E-state index contributed by atoms with van der Waals surface area (Å²) in [5.41, 5.74) is 2.06. The quantitative estimate of drug-likeness (QED) is 0.739. The molecule has 2 aromatic rings. The second-order valence-corrected chi connectivity index (χ2v) is 7.92. The highest BCUT2D eigenvalue weighted by Gasteiger charge is 2.46. The molecule has 2 aliphatic rings. The number of anilines is 3. The minimum atomic E-state index is -2.58. The molecule has 1 aliphatic carbocycles. The number of carbonyl (C=O) groups is 1. The molecule has 1 saturated carbocycles. The van der Waals surface area contributed by atoms with Crippen LogP contribution in [-0.2, 0) is 16.1 Å². The van der Waals surface area contributed by atoms with Crippen molar-refractivity contribution in [3.05, 3.63) is 23.7 Å². The Morgan fingerprint density at radius 2 is 2.13 bits per heavy atom. The molecular weight excluding hydrogens is 396 g/mol. The van der Waals surface area contributed by atoms with Crippen LogP contribution < -0.4 is 15.5 Å². The van der Waals surface area contributed by atoms with Crippen LogP contribution in [0.2, 0.25) is 0 Å². The van der Waals surface area contributed by atoms with Crippen molar-refractivity contribution < 1.29 is 18.3 Å². The number of hydrogen-bond donors (Lipinski definition) is 2. The highest BCUT2D eigenvalue weighted by atomic mass is 19.3. The largest absolute Gasteiger partial charge is 0.379 e. The number of fused-ring (bicyclic) bond motifs is 1. The fourth-order valence-electron chi connectivity index (χ4n) is 3.87. The monoisotopic (exact) mass is 421 g/mol. The zero-order valence-corrected chi connectivity index (χ0v) is 17.3. The standard InChI is InChI=1S/C19H25F2N7O2/c1-10-14-16(27(3)15(11(2)30-4)17(29)25-14)26-18(24-10)22-7-12-8-23-28(9-12)13-5-19(20,21)6-13/h8-9,11,13,15H,5-7H2,1-4H3,(H,25,29)(H,22,24,26)/t11-,15+/m1/s1. The molecule has 2 atom stereocenters.